The van der Waals surface area contributed by atoms with Gasteiger partial charge in [0.1, 0.15) is 11.5 Å². The summed E-state index contributed by atoms with van der Waals surface area (Å²) in [5.74, 6) is 2.96. The van der Waals surface area contributed by atoms with Crippen molar-refractivity contribution in [1.82, 2.24) is 15.0 Å². The summed E-state index contributed by atoms with van der Waals surface area (Å²) in [5, 5.41) is 0. The SMILES string of the molecule is C1=CC2c3ccccc3C3(c4ccccc4Oc4ccc(-c5ccccc5-c5cc(-c6ccccn6)nc(-c6ccccc6)n5)cc43)C2C=C1. The fourth-order valence-electron chi connectivity index (χ4n) is 8.44. The number of rotatable bonds is 4. The van der Waals surface area contributed by atoms with Gasteiger partial charge in [-0.15, -0.1) is 0 Å². The zero-order valence-electron chi connectivity index (χ0n) is 27.1. The van der Waals surface area contributed by atoms with Gasteiger partial charge in [-0.3, -0.25) is 4.98 Å². The molecule has 1 aliphatic heterocycles. The molecule has 2 aromatic heterocycles. The van der Waals surface area contributed by atoms with Gasteiger partial charge >= 0.3 is 0 Å². The van der Waals surface area contributed by atoms with Crippen LogP contribution < -0.4 is 4.74 Å². The van der Waals surface area contributed by atoms with Crippen molar-refractivity contribution >= 4 is 0 Å². The van der Waals surface area contributed by atoms with Gasteiger partial charge < -0.3 is 4.74 Å². The Labute approximate surface area is 291 Å². The number of allylic oxidation sites excluding steroid dienone is 4. The van der Waals surface area contributed by atoms with E-state index >= 15 is 0 Å². The zero-order valence-corrected chi connectivity index (χ0v) is 27.1. The second kappa shape index (κ2) is 11.4. The van der Waals surface area contributed by atoms with Crippen molar-refractivity contribution in [2.45, 2.75) is 11.3 Å². The van der Waals surface area contributed by atoms with Crippen LogP contribution in [0.2, 0.25) is 0 Å². The van der Waals surface area contributed by atoms with Crippen molar-refractivity contribution in [1.29, 1.82) is 0 Å². The van der Waals surface area contributed by atoms with Crippen molar-refractivity contribution in [3.05, 3.63) is 198 Å². The third-order valence-corrected chi connectivity index (χ3v) is 10.5. The van der Waals surface area contributed by atoms with Crippen molar-refractivity contribution < 1.29 is 4.74 Å². The molecule has 3 unspecified atom stereocenters. The Bertz CT molecular complexity index is 2430. The van der Waals surface area contributed by atoms with Crippen LogP contribution in [-0.2, 0) is 5.41 Å². The van der Waals surface area contributed by atoms with Crippen molar-refractivity contribution in [3.8, 4) is 56.7 Å². The number of hydrogen-bond donors (Lipinski definition) is 0. The maximum absolute atomic E-state index is 6.72. The molecular formula is C46H31N3O. The third kappa shape index (κ3) is 4.28. The molecular weight excluding hydrogens is 611 g/mol. The molecule has 4 nitrogen and oxygen atoms in total. The summed E-state index contributed by atoms with van der Waals surface area (Å²) < 4.78 is 6.72. The number of pyridine rings is 1. The van der Waals surface area contributed by atoms with Crippen LogP contribution in [0.4, 0.5) is 0 Å². The van der Waals surface area contributed by atoms with E-state index in [9.17, 15) is 0 Å². The molecule has 0 saturated carbocycles. The van der Waals surface area contributed by atoms with E-state index in [-0.39, 0.29) is 11.8 Å². The summed E-state index contributed by atoms with van der Waals surface area (Å²) >= 11 is 0. The van der Waals surface area contributed by atoms with E-state index in [0.29, 0.717) is 5.82 Å². The van der Waals surface area contributed by atoms with Crippen LogP contribution in [0.5, 0.6) is 11.5 Å². The van der Waals surface area contributed by atoms with E-state index in [1.165, 1.54) is 22.3 Å². The highest BCUT2D eigenvalue weighted by molar-refractivity contribution is 5.85. The normalized spacial score (nSPS) is 19.3. The van der Waals surface area contributed by atoms with Gasteiger partial charge in [0.05, 0.1) is 22.5 Å². The van der Waals surface area contributed by atoms with Crippen LogP contribution >= 0.6 is 0 Å². The van der Waals surface area contributed by atoms with Gasteiger partial charge in [-0.2, -0.15) is 0 Å². The topological polar surface area (TPSA) is 47.9 Å². The van der Waals surface area contributed by atoms with Crippen LogP contribution in [-0.4, -0.2) is 15.0 Å². The summed E-state index contributed by atoms with van der Waals surface area (Å²) in [6.07, 6.45) is 11.0. The molecule has 0 amide bonds. The first-order valence-electron chi connectivity index (χ1n) is 17.1. The molecule has 3 atom stereocenters. The Morgan fingerprint density at radius 1 is 0.500 bits per heavy atom. The summed E-state index contributed by atoms with van der Waals surface area (Å²) in [6.45, 7) is 0. The lowest BCUT2D eigenvalue weighted by atomic mass is 9.61. The minimum absolute atomic E-state index is 0.204. The fourth-order valence-corrected chi connectivity index (χ4v) is 8.44. The van der Waals surface area contributed by atoms with Gasteiger partial charge in [-0.05, 0) is 58.7 Å². The zero-order chi connectivity index (χ0) is 33.1. The molecule has 10 rings (SSSR count). The largest absolute Gasteiger partial charge is 0.457 e. The molecule has 0 saturated heterocycles. The first kappa shape index (κ1) is 28.6. The van der Waals surface area contributed by atoms with Crippen LogP contribution in [0.15, 0.2) is 176 Å². The van der Waals surface area contributed by atoms with Gasteiger partial charge in [0.2, 0.25) is 0 Å². The van der Waals surface area contributed by atoms with Crippen molar-refractivity contribution in [2.75, 3.05) is 0 Å². The smallest absolute Gasteiger partial charge is 0.160 e. The molecule has 50 heavy (non-hydrogen) atoms. The molecule has 0 bridgehead atoms. The molecule has 4 heteroatoms. The Balaban J connectivity index is 1.20. The highest BCUT2D eigenvalue weighted by Gasteiger charge is 2.56. The van der Waals surface area contributed by atoms with Crippen LogP contribution in [0.25, 0.3) is 45.2 Å². The van der Waals surface area contributed by atoms with Gasteiger partial charge in [0.15, 0.2) is 5.82 Å². The van der Waals surface area contributed by atoms with Gasteiger partial charge in [0.25, 0.3) is 0 Å². The molecule has 3 aliphatic rings. The average molecular weight is 642 g/mol. The van der Waals surface area contributed by atoms with Crippen molar-refractivity contribution in [3.63, 3.8) is 0 Å². The monoisotopic (exact) mass is 641 g/mol. The first-order chi connectivity index (χ1) is 24.8. The Hall–Kier alpha value is -6.39. The molecule has 0 N–H and O–H groups in total. The maximum Gasteiger partial charge on any atom is 0.160 e. The Morgan fingerprint density at radius 3 is 2.10 bits per heavy atom. The van der Waals surface area contributed by atoms with E-state index in [1.807, 2.05) is 36.4 Å². The van der Waals surface area contributed by atoms with Crippen LogP contribution in [0, 0.1) is 5.92 Å². The molecule has 5 aromatic carbocycles. The molecule has 3 heterocycles. The van der Waals surface area contributed by atoms with E-state index < -0.39 is 5.41 Å². The Morgan fingerprint density at radius 2 is 1.22 bits per heavy atom. The van der Waals surface area contributed by atoms with E-state index in [2.05, 4.69) is 138 Å². The quantitative estimate of drug-likeness (QED) is 0.192. The minimum atomic E-state index is -0.417. The molecule has 7 aromatic rings. The first-order valence-corrected chi connectivity index (χ1v) is 17.1. The lowest BCUT2D eigenvalue weighted by molar-refractivity contribution is 0.374. The second-order valence-electron chi connectivity index (χ2n) is 13.1. The third-order valence-electron chi connectivity index (χ3n) is 10.5. The maximum atomic E-state index is 6.72. The minimum Gasteiger partial charge on any atom is -0.457 e. The standard InChI is InChI=1S/C46H31N3O/c1-2-14-30(15-3-1)45-48-41(29-42(49-45)40-23-12-13-27-47-40)35-19-5-4-16-32(35)31-25-26-44-39(28-31)46(38-22-10-11-24-43(38)50-44)36-20-8-6-17-33(36)34-18-7-9-21-37(34)46/h1-29,33,36H. The number of para-hydroxylation sites is 1. The van der Waals surface area contributed by atoms with Gasteiger partial charge in [0, 0.05) is 40.3 Å². The summed E-state index contributed by atoms with van der Waals surface area (Å²) in [5.41, 5.74) is 11.3. The van der Waals surface area contributed by atoms with Crippen LogP contribution in [0.1, 0.15) is 28.2 Å². The fraction of sp³-hybridized carbons (Fsp3) is 0.0652. The molecule has 1 spiro atoms. The number of ether oxygens (including phenoxy) is 1. The number of hydrogen-bond acceptors (Lipinski definition) is 4. The average Bonchev–Trinajstić information content (AvgIpc) is 3.49. The van der Waals surface area contributed by atoms with Crippen LogP contribution in [0.3, 0.4) is 0 Å². The van der Waals surface area contributed by atoms with E-state index in [0.717, 1.165) is 50.8 Å². The predicted octanol–water partition coefficient (Wildman–Crippen LogP) is 10.8. The predicted molar refractivity (Wildman–Crippen MR) is 199 cm³/mol. The lowest BCUT2D eigenvalue weighted by Crippen LogP contribution is -2.37. The summed E-state index contributed by atoms with van der Waals surface area (Å²) in [7, 11) is 0. The number of fused-ring (bicyclic) bond motifs is 9. The Kier molecular flexibility index (Phi) is 6.50. The number of benzene rings is 5. The van der Waals surface area contributed by atoms with Gasteiger partial charge in [-0.1, -0.05) is 133 Å². The summed E-state index contributed by atoms with van der Waals surface area (Å²) in [6, 6.07) is 51.0. The highest BCUT2D eigenvalue weighted by Crippen LogP contribution is 2.64. The van der Waals surface area contributed by atoms with E-state index in [1.54, 1.807) is 6.20 Å². The molecule has 2 aliphatic carbocycles. The van der Waals surface area contributed by atoms with Crippen molar-refractivity contribution in [2.24, 2.45) is 5.92 Å². The lowest BCUT2D eigenvalue weighted by Gasteiger charge is -2.43. The molecule has 0 radical (unpaired) electrons. The number of aromatic nitrogens is 3. The number of nitrogens with zero attached hydrogens (tertiary/aromatic N) is 3. The highest BCUT2D eigenvalue weighted by atomic mass is 16.5. The van der Waals surface area contributed by atoms with Gasteiger partial charge in [-0.25, -0.2) is 9.97 Å². The molecule has 0 fully saturated rings. The summed E-state index contributed by atoms with van der Waals surface area (Å²) in [4.78, 5) is 14.8. The molecule has 236 valence electrons. The second-order valence-corrected chi connectivity index (χ2v) is 13.1. The van der Waals surface area contributed by atoms with E-state index in [4.69, 9.17) is 14.7 Å².